The van der Waals surface area contributed by atoms with Gasteiger partial charge in [0, 0.05) is 23.2 Å². The standard InChI is InChI=1S/C17H13ClN2O3/c18-17-13(9-12-5-1-2-6-14(12)19-17)11-23-16(22)10-20-8-4-3-7-15(20)21/h1-9H,10-11H2. The number of hydrogen-bond donors (Lipinski definition) is 0. The highest BCUT2D eigenvalue weighted by Gasteiger charge is 2.09. The van der Waals surface area contributed by atoms with Crippen molar-refractivity contribution in [3.8, 4) is 0 Å². The van der Waals surface area contributed by atoms with Gasteiger partial charge in [-0.05, 0) is 18.2 Å². The van der Waals surface area contributed by atoms with E-state index in [0.29, 0.717) is 10.7 Å². The van der Waals surface area contributed by atoms with Crippen LogP contribution in [0.3, 0.4) is 0 Å². The Kier molecular flexibility index (Phi) is 4.39. The number of pyridine rings is 2. The van der Waals surface area contributed by atoms with Gasteiger partial charge in [-0.2, -0.15) is 0 Å². The van der Waals surface area contributed by atoms with Crippen molar-refractivity contribution in [2.45, 2.75) is 13.2 Å². The summed E-state index contributed by atoms with van der Waals surface area (Å²) < 4.78 is 6.47. The fourth-order valence-electron chi connectivity index (χ4n) is 2.17. The SMILES string of the molecule is O=C(Cn1ccccc1=O)OCc1cc2ccccc2nc1Cl. The number of para-hydroxylation sites is 1. The van der Waals surface area contributed by atoms with E-state index < -0.39 is 5.97 Å². The van der Waals surface area contributed by atoms with E-state index in [4.69, 9.17) is 16.3 Å². The van der Waals surface area contributed by atoms with Crippen molar-refractivity contribution in [1.82, 2.24) is 9.55 Å². The van der Waals surface area contributed by atoms with Crippen LogP contribution in [0.25, 0.3) is 10.9 Å². The third kappa shape index (κ3) is 3.57. The quantitative estimate of drug-likeness (QED) is 0.546. The molecule has 5 nitrogen and oxygen atoms in total. The van der Waals surface area contributed by atoms with Crippen molar-refractivity contribution in [1.29, 1.82) is 0 Å². The minimum Gasteiger partial charge on any atom is -0.459 e. The number of nitrogens with zero attached hydrogens (tertiary/aromatic N) is 2. The third-order valence-corrected chi connectivity index (χ3v) is 3.66. The average Bonchev–Trinajstić information content (AvgIpc) is 2.55. The number of fused-ring (bicyclic) bond motifs is 1. The van der Waals surface area contributed by atoms with Crippen LogP contribution < -0.4 is 5.56 Å². The molecule has 0 bridgehead atoms. The van der Waals surface area contributed by atoms with Crippen LogP contribution in [0.15, 0.2) is 59.5 Å². The lowest BCUT2D eigenvalue weighted by molar-refractivity contribution is -0.145. The first-order chi connectivity index (χ1) is 11.1. The Morgan fingerprint density at radius 3 is 2.78 bits per heavy atom. The molecule has 0 radical (unpaired) electrons. The molecule has 0 amide bonds. The molecule has 2 aromatic heterocycles. The van der Waals surface area contributed by atoms with Crippen LogP contribution >= 0.6 is 11.6 Å². The van der Waals surface area contributed by atoms with E-state index in [-0.39, 0.29) is 18.7 Å². The summed E-state index contributed by atoms with van der Waals surface area (Å²) in [6.07, 6.45) is 1.54. The minimum absolute atomic E-state index is 0.0110. The highest BCUT2D eigenvalue weighted by molar-refractivity contribution is 6.30. The first-order valence-corrected chi connectivity index (χ1v) is 7.36. The van der Waals surface area contributed by atoms with Gasteiger partial charge in [-0.25, -0.2) is 4.98 Å². The van der Waals surface area contributed by atoms with Crippen LogP contribution in [0.2, 0.25) is 5.15 Å². The van der Waals surface area contributed by atoms with Crippen LogP contribution in [0.1, 0.15) is 5.56 Å². The number of hydrogen-bond acceptors (Lipinski definition) is 4. The number of esters is 1. The molecule has 0 saturated carbocycles. The van der Waals surface area contributed by atoms with Crippen LogP contribution in [0.5, 0.6) is 0 Å². The monoisotopic (exact) mass is 328 g/mol. The van der Waals surface area contributed by atoms with Gasteiger partial charge in [0.2, 0.25) is 0 Å². The highest BCUT2D eigenvalue weighted by atomic mass is 35.5. The summed E-state index contributed by atoms with van der Waals surface area (Å²) in [5.41, 5.74) is 1.15. The predicted octanol–water partition coefficient (Wildman–Crippen LogP) is 2.79. The van der Waals surface area contributed by atoms with Crippen LogP contribution in [-0.4, -0.2) is 15.5 Å². The molecular weight excluding hydrogens is 316 g/mol. The van der Waals surface area contributed by atoms with Gasteiger partial charge in [0.1, 0.15) is 18.3 Å². The Bertz CT molecular complexity index is 921. The number of halogens is 1. The molecule has 6 heteroatoms. The summed E-state index contributed by atoms with van der Waals surface area (Å²) in [7, 11) is 0. The Labute approximate surface area is 137 Å². The molecule has 116 valence electrons. The first-order valence-electron chi connectivity index (χ1n) is 6.99. The number of rotatable bonds is 4. The van der Waals surface area contributed by atoms with Gasteiger partial charge in [-0.15, -0.1) is 0 Å². The lowest BCUT2D eigenvalue weighted by Crippen LogP contribution is -2.23. The molecule has 0 spiro atoms. The molecule has 0 saturated heterocycles. The van der Waals surface area contributed by atoms with Gasteiger partial charge in [0.25, 0.3) is 5.56 Å². The van der Waals surface area contributed by atoms with Crippen LogP contribution in [-0.2, 0) is 22.7 Å². The van der Waals surface area contributed by atoms with Crippen molar-refractivity contribution in [3.05, 3.63) is 75.8 Å². The van der Waals surface area contributed by atoms with Crippen LogP contribution in [0.4, 0.5) is 0 Å². The minimum atomic E-state index is -0.512. The summed E-state index contributed by atoms with van der Waals surface area (Å²) >= 11 is 6.11. The maximum atomic E-state index is 11.9. The maximum Gasteiger partial charge on any atom is 0.326 e. The second-order valence-corrected chi connectivity index (χ2v) is 5.32. The second-order valence-electron chi connectivity index (χ2n) is 4.96. The van der Waals surface area contributed by atoms with E-state index in [2.05, 4.69) is 4.98 Å². The lowest BCUT2D eigenvalue weighted by atomic mass is 10.2. The van der Waals surface area contributed by atoms with E-state index in [1.54, 1.807) is 12.1 Å². The van der Waals surface area contributed by atoms with Gasteiger partial charge in [-0.3, -0.25) is 9.59 Å². The zero-order chi connectivity index (χ0) is 16.2. The molecule has 23 heavy (non-hydrogen) atoms. The number of aromatic nitrogens is 2. The van der Waals surface area contributed by atoms with Gasteiger partial charge >= 0.3 is 5.97 Å². The maximum absolute atomic E-state index is 11.9. The molecule has 0 fully saturated rings. The third-order valence-electron chi connectivity index (χ3n) is 3.34. The Morgan fingerprint density at radius 2 is 1.96 bits per heavy atom. The van der Waals surface area contributed by atoms with Crippen LogP contribution in [0, 0.1) is 0 Å². The van der Waals surface area contributed by atoms with E-state index in [1.165, 1.54) is 16.8 Å². The normalized spacial score (nSPS) is 10.7. The zero-order valence-electron chi connectivity index (χ0n) is 12.1. The molecule has 3 aromatic rings. The average molecular weight is 329 g/mol. The Hall–Kier alpha value is -2.66. The van der Waals surface area contributed by atoms with E-state index in [0.717, 1.165) is 10.9 Å². The summed E-state index contributed by atoms with van der Waals surface area (Å²) in [6.45, 7) is -0.130. The van der Waals surface area contributed by atoms with E-state index in [1.807, 2.05) is 30.3 Å². The fourth-order valence-corrected chi connectivity index (χ4v) is 2.37. The predicted molar refractivity (Wildman–Crippen MR) is 87.3 cm³/mol. The molecule has 0 unspecified atom stereocenters. The molecule has 2 heterocycles. The van der Waals surface area contributed by atoms with E-state index in [9.17, 15) is 9.59 Å². The topological polar surface area (TPSA) is 61.2 Å². The summed E-state index contributed by atoms with van der Waals surface area (Å²) in [6, 6.07) is 14.1. The molecule has 0 N–H and O–H groups in total. The van der Waals surface area contributed by atoms with Crippen molar-refractivity contribution in [2.75, 3.05) is 0 Å². The zero-order valence-corrected chi connectivity index (χ0v) is 12.9. The smallest absolute Gasteiger partial charge is 0.326 e. The summed E-state index contributed by atoms with van der Waals surface area (Å²) in [5, 5.41) is 1.22. The fraction of sp³-hybridized carbons (Fsp3) is 0.118. The van der Waals surface area contributed by atoms with Crippen molar-refractivity contribution < 1.29 is 9.53 Å². The van der Waals surface area contributed by atoms with Crippen molar-refractivity contribution in [2.24, 2.45) is 0 Å². The number of carbonyl (C=O) groups excluding carboxylic acids is 1. The van der Waals surface area contributed by atoms with Gasteiger partial charge in [0.05, 0.1) is 5.52 Å². The van der Waals surface area contributed by atoms with Crippen molar-refractivity contribution >= 4 is 28.5 Å². The first kappa shape index (κ1) is 15.2. The largest absolute Gasteiger partial charge is 0.459 e. The number of carbonyl (C=O) groups is 1. The van der Waals surface area contributed by atoms with Crippen molar-refractivity contribution in [3.63, 3.8) is 0 Å². The molecule has 0 aliphatic carbocycles. The van der Waals surface area contributed by atoms with Gasteiger partial charge < -0.3 is 9.30 Å². The molecule has 0 aliphatic rings. The Morgan fingerprint density at radius 1 is 1.17 bits per heavy atom. The molecule has 3 rings (SSSR count). The molecule has 0 aliphatic heterocycles. The molecular formula is C17H13ClN2O3. The van der Waals surface area contributed by atoms with Gasteiger partial charge in [0.15, 0.2) is 0 Å². The Balaban J connectivity index is 1.70. The molecule has 1 aromatic carbocycles. The lowest BCUT2D eigenvalue weighted by Gasteiger charge is -2.08. The van der Waals surface area contributed by atoms with Gasteiger partial charge in [-0.1, -0.05) is 35.9 Å². The number of benzene rings is 1. The van der Waals surface area contributed by atoms with E-state index >= 15 is 0 Å². The summed E-state index contributed by atoms with van der Waals surface area (Å²) in [4.78, 5) is 27.7. The number of ether oxygens (including phenoxy) is 1. The highest BCUT2D eigenvalue weighted by Crippen LogP contribution is 2.21. The molecule has 0 atom stereocenters. The second kappa shape index (κ2) is 6.62. The summed E-state index contributed by atoms with van der Waals surface area (Å²) in [5.74, 6) is -0.512.